The minimum Gasteiger partial charge on any atom is -0.346 e. The van der Waals surface area contributed by atoms with Gasteiger partial charge in [-0.05, 0) is 30.2 Å². The maximum Gasteiger partial charge on any atom is 0.225 e. The quantitative estimate of drug-likeness (QED) is 0.726. The van der Waals surface area contributed by atoms with E-state index in [9.17, 15) is 4.79 Å². The van der Waals surface area contributed by atoms with Gasteiger partial charge < -0.3 is 5.32 Å². The Balaban J connectivity index is 2.08. The Kier molecular flexibility index (Phi) is 5.59. The summed E-state index contributed by atoms with van der Waals surface area (Å²) in [6.45, 7) is 2.02. The Bertz CT molecular complexity index is 598. The van der Waals surface area contributed by atoms with Crippen molar-refractivity contribution >= 4 is 37.8 Å². The summed E-state index contributed by atoms with van der Waals surface area (Å²) >= 11 is 6.91. The summed E-state index contributed by atoms with van der Waals surface area (Å²) in [6, 6.07) is 17.8. The molecule has 21 heavy (non-hydrogen) atoms. The number of rotatable bonds is 5. The third kappa shape index (κ3) is 4.42. The van der Waals surface area contributed by atoms with Crippen LogP contribution in [0.15, 0.2) is 59.1 Å². The summed E-state index contributed by atoms with van der Waals surface area (Å²) in [5.41, 5.74) is 1.68. The number of hydrogen-bond donors (Lipinski definition) is 1. The molecule has 0 heterocycles. The Morgan fingerprint density at radius 2 is 1.71 bits per heavy atom. The average Bonchev–Trinajstić information content (AvgIpc) is 2.50. The van der Waals surface area contributed by atoms with E-state index in [4.69, 9.17) is 0 Å². The molecule has 0 radical (unpaired) electrons. The van der Waals surface area contributed by atoms with E-state index < -0.39 is 5.54 Å². The van der Waals surface area contributed by atoms with Gasteiger partial charge >= 0.3 is 0 Å². The predicted molar refractivity (Wildman–Crippen MR) is 93.6 cm³/mol. The van der Waals surface area contributed by atoms with Gasteiger partial charge in [0.1, 0.15) is 0 Å². The van der Waals surface area contributed by atoms with Crippen LogP contribution < -0.4 is 5.32 Å². The second-order valence-electron chi connectivity index (χ2n) is 5.18. The minimum absolute atomic E-state index is 0.0168. The molecule has 2 aromatic carbocycles. The van der Waals surface area contributed by atoms with Gasteiger partial charge in [0.15, 0.2) is 0 Å². The minimum atomic E-state index is -0.409. The van der Waals surface area contributed by atoms with Crippen molar-refractivity contribution in [3.05, 3.63) is 70.2 Å². The molecule has 0 bridgehead atoms. The van der Waals surface area contributed by atoms with Crippen LogP contribution in [0.2, 0.25) is 0 Å². The van der Waals surface area contributed by atoms with E-state index in [0.717, 1.165) is 15.6 Å². The van der Waals surface area contributed by atoms with E-state index in [1.807, 2.05) is 61.5 Å². The van der Waals surface area contributed by atoms with Crippen molar-refractivity contribution in [3.8, 4) is 0 Å². The summed E-state index contributed by atoms with van der Waals surface area (Å²) < 4.78 is 1.02. The van der Waals surface area contributed by atoms with Crippen LogP contribution in [0.4, 0.5) is 0 Å². The molecule has 1 atom stereocenters. The Hall–Kier alpha value is -1.13. The lowest BCUT2D eigenvalue weighted by Crippen LogP contribution is -2.45. The first-order chi connectivity index (χ1) is 10.0. The van der Waals surface area contributed by atoms with Crippen LogP contribution >= 0.6 is 31.9 Å². The number of carbonyl (C=O) groups is 1. The normalized spacial score (nSPS) is 13.5. The molecule has 2 nitrogen and oxygen atoms in total. The van der Waals surface area contributed by atoms with E-state index >= 15 is 0 Å². The summed E-state index contributed by atoms with van der Waals surface area (Å²) in [5.74, 6) is 0.0168. The monoisotopic (exact) mass is 409 g/mol. The first kappa shape index (κ1) is 16.2. The molecule has 0 saturated heterocycles. The molecule has 0 aromatic heterocycles. The van der Waals surface area contributed by atoms with Crippen molar-refractivity contribution in [2.45, 2.75) is 18.9 Å². The number of halogens is 2. The van der Waals surface area contributed by atoms with Crippen molar-refractivity contribution < 1.29 is 4.79 Å². The highest BCUT2D eigenvalue weighted by Gasteiger charge is 2.27. The van der Waals surface area contributed by atoms with E-state index in [1.54, 1.807) is 0 Å². The van der Waals surface area contributed by atoms with Gasteiger partial charge in [-0.2, -0.15) is 0 Å². The summed E-state index contributed by atoms with van der Waals surface area (Å²) in [5, 5.41) is 3.79. The third-order valence-electron chi connectivity index (χ3n) is 3.37. The standard InChI is InChI=1S/C17H17Br2NO/c1-17(12-18,14-5-3-2-4-6-14)20-16(21)11-13-7-9-15(19)10-8-13/h2-10H,11-12H2,1H3,(H,20,21). The van der Waals surface area contributed by atoms with E-state index in [2.05, 4.69) is 37.2 Å². The number of alkyl halides is 1. The largest absolute Gasteiger partial charge is 0.346 e. The number of hydrogen-bond acceptors (Lipinski definition) is 1. The van der Waals surface area contributed by atoms with Gasteiger partial charge in [-0.1, -0.05) is 74.3 Å². The second kappa shape index (κ2) is 7.23. The first-order valence-electron chi connectivity index (χ1n) is 6.70. The Morgan fingerprint density at radius 1 is 1.10 bits per heavy atom. The van der Waals surface area contributed by atoms with Crippen molar-refractivity contribution in [3.63, 3.8) is 0 Å². The zero-order valence-electron chi connectivity index (χ0n) is 11.8. The predicted octanol–water partition coefficient (Wildman–Crippen LogP) is 4.42. The van der Waals surface area contributed by atoms with Crippen LogP contribution in [0.1, 0.15) is 18.1 Å². The fraction of sp³-hybridized carbons (Fsp3) is 0.235. The molecule has 1 N–H and O–H groups in total. The van der Waals surface area contributed by atoms with Gasteiger partial charge in [0, 0.05) is 9.80 Å². The van der Waals surface area contributed by atoms with Crippen LogP contribution in [0.25, 0.3) is 0 Å². The molecule has 1 unspecified atom stereocenters. The van der Waals surface area contributed by atoms with Crippen molar-refractivity contribution in [2.75, 3.05) is 5.33 Å². The van der Waals surface area contributed by atoms with E-state index in [-0.39, 0.29) is 5.91 Å². The van der Waals surface area contributed by atoms with E-state index in [1.165, 1.54) is 0 Å². The van der Waals surface area contributed by atoms with Gasteiger partial charge in [-0.3, -0.25) is 4.79 Å². The van der Waals surface area contributed by atoms with Crippen LogP contribution in [-0.2, 0) is 16.8 Å². The second-order valence-corrected chi connectivity index (χ2v) is 6.66. The van der Waals surface area contributed by atoms with Crippen LogP contribution in [-0.4, -0.2) is 11.2 Å². The SMILES string of the molecule is CC(CBr)(NC(=O)Cc1ccc(Br)cc1)c1ccccc1. The van der Waals surface area contributed by atoms with Crippen LogP contribution in [0, 0.1) is 0 Å². The molecule has 4 heteroatoms. The van der Waals surface area contributed by atoms with Gasteiger partial charge in [0.2, 0.25) is 5.91 Å². The van der Waals surface area contributed by atoms with Gasteiger partial charge in [-0.15, -0.1) is 0 Å². The van der Waals surface area contributed by atoms with Crippen molar-refractivity contribution in [1.29, 1.82) is 0 Å². The molecular weight excluding hydrogens is 394 g/mol. The van der Waals surface area contributed by atoms with Crippen molar-refractivity contribution in [2.24, 2.45) is 0 Å². The maximum atomic E-state index is 12.3. The molecule has 110 valence electrons. The van der Waals surface area contributed by atoms with Crippen LogP contribution in [0.5, 0.6) is 0 Å². The molecule has 2 rings (SSSR count). The summed E-state index contributed by atoms with van der Waals surface area (Å²) in [6.07, 6.45) is 0.378. The lowest BCUT2D eigenvalue weighted by Gasteiger charge is -2.29. The maximum absolute atomic E-state index is 12.3. The molecule has 1 amide bonds. The molecule has 0 aliphatic rings. The van der Waals surface area contributed by atoms with Crippen LogP contribution in [0.3, 0.4) is 0 Å². The van der Waals surface area contributed by atoms with E-state index in [0.29, 0.717) is 11.8 Å². The highest BCUT2D eigenvalue weighted by atomic mass is 79.9. The highest BCUT2D eigenvalue weighted by Crippen LogP contribution is 2.23. The molecule has 0 spiro atoms. The van der Waals surface area contributed by atoms with Gasteiger partial charge in [-0.25, -0.2) is 0 Å². The molecule has 2 aromatic rings. The summed E-state index contributed by atoms with van der Waals surface area (Å²) in [4.78, 5) is 12.3. The van der Waals surface area contributed by atoms with Gasteiger partial charge in [0.05, 0.1) is 12.0 Å². The molecule has 0 saturated carbocycles. The third-order valence-corrected chi connectivity index (χ3v) is 5.02. The lowest BCUT2D eigenvalue weighted by atomic mass is 9.94. The first-order valence-corrected chi connectivity index (χ1v) is 8.62. The number of benzene rings is 2. The number of amides is 1. The number of carbonyl (C=O) groups excluding carboxylic acids is 1. The Morgan fingerprint density at radius 3 is 2.29 bits per heavy atom. The summed E-state index contributed by atoms with van der Waals surface area (Å²) in [7, 11) is 0. The fourth-order valence-electron chi connectivity index (χ4n) is 2.13. The fourth-order valence-corrected chi connectivity index (χ4v) is 2.86. The van der Waals surface area contributed by atoms with Gasteiger partial charge in [0.25, 0.3) is 0 Å². The molecular formula is C17H17Br2NO. The lowest BCUT2D eigenvalue weighted by molar-refractivity contribution is -0.122. The average molecular weight is 411 g/mol. The molecule has 0 aliphatic carbocycles. The topological polar surface area (TPSA) is 29.1 Å². The Labute approximate surface area is 142 Å². The zero-order chi connectivity index (χ0) is 15.3. The highest BCUT2D eigenvalue weighted by molar-refractivity contribution is 9.10. The molecule has 0 fully saturated rings. The number of nitrogens with one attached hydrogen (secondary N) is 1. The van der Waals surface area contributed by atoms with Crippen molar-refractivity contribution in [1.82, 2.24) is 5.32 Å². The zero-order valence-corrected chi connectivity index (χ0v) is 14.9. The smallest absolute Gasteiger partial charge is 0.225 e. The molecule has 0 aliphatic heterocycles.